The average Bonchev–Trinajstić information content (AvgIpc) is 2.52. The van der Waals surface area contributed by atoms with Crippen LogP contribution in [0.2, 0.25) is 0 Å². The molecule has 0 aromatic heterocycles. The third-order valence-corrected chi connectivity index (χ3v) is 3.65. The monoisotopic (exact) mass is 308 g/mol. The Bertz CT molecular complexity index is 456. The Morgan fingerprint density at radius 1 is 1.14 bits per heavy atom. The van der Waals surface area contributed by atoms with Crippen LogP contribution in [-0.4, -0.2) is 26.3 Å². The summed E-state index contributed by atoms with van der Waals surface area (Å²) in [5, 5.41) is 0. The number of aryl methyl sites for hydroxylation is 1. The smallest absolute Gasteiger partial charge is 0.313 e. The number of esters is 1. The molecular formula is C18H28O4. The van der Waals surface area contributed by atoms with Gasteiger partial charge in [0.25, 0.3) is 0 Å². The first-order chi connectivity index (χ1) is 10.6. The highest BCUT2D eigenvalue weighted by molar-refractivity contribution is 5.73. The molecule has 124 valence electrons. The van der Waals surface area contributed by atoms with E-state index in [4.69, 9.17) is 14.2 Å². The molecule has 0 heterocycles. The Morgan fingerprint density at radius 2 is 1.91 bits per heavy atom. The van der Waals surface area contributed by atoms with Gasteiger partial charge in [-0.25, -0.2) is 0 Å². The van der Waals surface area contributed by atoms with Gasteiger partial charge in [-0.05, 0) is 31.0 Å². The van der Waals surface area contributed by atoms with Crippen LogP contribution in [0.25, 0.3) is 0 Å². The first kappa shape index (κ1) is 18.5. The average molecular weight is 308 g/mol. The van der Waals surface area contributed by atoms with Crippen molar-refractivity contribution in [2.24, 2.45) is 0 Å². The number of rotatable bonds is 10. The van der Waals surface area contributed by atoms with Crippen LogP contribution in [0.5, 0.6) is 11.5 Å². The zero-order chi connectivity index (χ0) is 16.4. The molecule has 0 N–H and O–H groups in total. The van der Waals surface area contributed by atoms with Crippen LogP contribution in [0, 0.1) is 6.92 Å². The lowest BCUT2D eigenvalue weighted by Crippen LogP contribution is -2.20. The number of carbonyl (C=O) groups excluding carboxylic acids is 1. The van der Waals surface area contributed by atoms with Gasteiger partial charge in [0.05, 0.1) is 19.6 Å². The molecule has 0 saturated heterocycles. The van der Waals surface area contributed by atoms with E-state index in [1.54, 1.807) is 20.3 Å². The fourth-order valence-electron chi connectivity index (χ4n) is 2.31. The number of carbonyl (C=O) groups is 1. The molecule has 0 aliphatic heterocycles. The third-order valence-electron chi connectivity index (χ3n) is 3.65. The number of unbranched alkanes of at least 4 members (excludes halogenated alkanes) is 3. The van der Waals surface area contributed by atoms with Gasteiger partial charge in [0.15, 0.2) is 11.5 Å². The van der Waals surface area contributed by atoms with Crippen molar-refractivity contribution in [1.29, 1.82) is 0 Å². The van der Waals surface area contributed by atoms with E-state index in [0.717, 1.165) is 18.4 Å². The molecular weight excluding hydrogens is 280 g/mol. The molecule has 0 aliphatic carbocycles. The highest BCUT2D eigenvalue weighted by atomic mass is 16.6. The number of benzene rings is 1. The zero-order valence-electron chi connectivity index (χ0n) is 14.2. The molecule has 0 amide bonds. The van der Waals surface area contributed by atoms with Gasteiger partial charge < -0.3 is 14.2 Å². The summed E-state index contributed by atoms with van der Waals surface area (Å²) in [4.78, 5) is 12.1. The van der Waals surface area contributed by atoms with Gasteiger partial charge >= 0.3 is 5.97 Å². The highest BCUT2D eigenvalue weighted by Crippen LogP contribution is 2.28. The fraction of sp³-hybridized carbons (Fsp3) is 0.611. The summed E-state index contributed by atoms with van der Waals surface area (Å²) >= 11 is 0. The number of methoxy groups -OCH3 is 2. The predicted molar refractivity (Wildman–Crippen MR) is 87.5 cm³/mol. The molecule has 0 bridgehead atoms. The predicted octanol–water partition coefficient (Wildman–Crippen LogP) is 4.28. The van der Waals surface area contributed by atoms with Crippen molar-refractivity contribution in [1.82, 2.24) is 0 Å². The zero-order valence-corrected chi connectivity index (χ0v) is 14.2. The molecule has 0 aliphatic rings. The number of hydrogen-bond donors (Lipinski definition) is 0. The Kier molecular flexibility index (Phi) is 8.60. The maximum atomic E-state index is 12.1. The maximum absolute atomic E-state index is 12.1. The molecule has 22 heavy (non-hydrogen) atoms. The molecule has 0 fully saturated rings. The molecule has 0 saturated carbocycles. The summed E-state index contributed by atoms with van der Waals surface area (Å²) in [6, 6.07) is 5.50. The van der Waals surface area contributed by atoms with Gasteiger partial charge in [0.2, 0.25) is 0 Å². The van der Waals surface area contributed by atoms with Gasteiger partial charge in [-0.3, -0.25) is 4.79 Å². The Hall–Kier alpha value is -1.55. The lowest BCUT2D eigenvalue weighted by atomic mass is 10.1. The SMILES string of the molecule is CCCCCCC(CC(=O)Oc1ccc(C)cc1OC)OC. The highest BCUT2D eigenvalue weighted by Gasteiger charge is 2.16. The van der Waals surface area contributed by atoms with Gasteiger partial charge in [-0.15, -0.1) is 0 Å². The van der Waals surface area contributed by atoms with Crippen molar-refractivity contribution < 1.29 is 19.0 Å². The van der Waals surface area contributed by atoms with Crippen LogP contribution < -0.4 is 9.47 Å². The lowest BCUT2D eigenvalue weighted by molar-refractivity contribution is -0.137. The first-order valence-corrected chi connectivity index (χ1v) is 7.98. The molecule has 1 rings (SSSR count). The standard InChI is InChI=1S/C18H28O4/c1-5-6-7-8-9-15(20-3)13-18(19)22-16-11-10-14(2)12-17(16)21-4/h10-12,15H,5-9,13H2,1-4H3. The Balaban J connectivity index is 2.50. The van der Waals surface area contributed by atoms with Crippen LogP contribution in [0.1, 0.15) is 51.0 Å². The molecule has 1 aromatic rings. The van der Waals surface area contributed by atoms with Crippen LogP contribution >= 0.6 is 0 Å². The van der Waals surface area contributed by atoms with Crippen molar-refractivity contribution in [3.63, 3.8) is 0 Å². The summed E-state index contributed by atoms with van der Waals surface area (Å²) in [6.07, 6.45) is 5.75. The molecule has 0 spiro atoms. The van der Waals surface area contributed by atoms with Gasteiger partial charge in [-0.2, -0.15) is 0 Å². The van der Waals surface area contributed by atoms with E-state index in [1.165, 1.54) is 19.3 Å². The molecule has 1 atom stereocenters. The second kappa shape index (κ2) is 10.2. The summed E-state index contributed by atoms with van der Waals surface area (Å²) in [5.41, 5.74) is 1.06. The minimum absolute atomic E-state index is 0.0826. The quantitative estimate of drug-likeness (QED) is 0.367. The first-order valence-electron chi connectivity index (χ1n) is 7.98. The van der Waals surface area contributed by atoms with Crippen LogP contribution in [0.15, 0.2) is 18.2 Å². The molecule has 4 heteroatoms. The minimum Gasteiger partial charge on any atom is -0.493 e. The summed E-state index contributed by atoms with van der Waals surface area (Å²) in [6.45, 7) is 4.14. The van der Waals surface area contributed by atoms with Crippen LogP contribution in [0.4, 0.5) is 0 Å². The van der Waals surface area contributed by atoms with E-state index >= 15 is 0 Å². The number of ether oxygens (including phenoxy) is 3. The van der Waals surface area contributed by atoms with Crippen molar-refractivity contribution in [2.75, 3.05) is 14.2 Å². The van der Waals surface area contributed by atoms with Crippen LogP contribution in [-0.2, 0) is 9.53 Å². The third kappa shape index (κ3) is 6.48. The molecule has 1 aromatic carbocycles. The van der Waals surface area contributed by atoms with E-state index < -0.39 is 0 Å². The Labute approximate surface area is 133 Å². The lowest BCUT2D eigenvalue weighted by Gasteiger charge is -2.15. The number of hydrogen-bond acceptors (Lipinski definition) is 4. The largest absolute Gasteiger partial charge is 0.493 e. The van der Waals surface area contributed by atoms with Gasteiger partial charge in [-0.1, -0.05) is 38.7 Å². The normalized spacial score (nSPS) is 12.0. The van der Waals surface area contributed by atoms with Gasteiger partial charge in [0, 0.05) is 7.11 Å². The summed E-state index contributed by atoms with van der Waals surface area (Å²) in [7, 11) is 3.21. The van der Waals surface area contributed by atoms with Crippen molar-refractivity contribution >= 4 is 5.97 Å². The second-order valence-corrected chi connectivity index (χ2v) is 5.54. The van der Waals surface area contributed by atoms with E-state index in [2.05, 4.69) is 6.92 Å². The summed E-state index contributed by atoms with van der Waals surface area (Å²) in [5.74, 6) is 0.744. The minimum atomic E-state index is -0.288. The van der Waals surface area contributed by atoms with Gasteiger partial charge in [0.1, 0.15) is 0 Å². The summed E-state index contributed by atoms with van der Waals surface area (Å²) < 4.78 is 16.0. The van der Waals surface area contributed by atoms with Crippen molar-refractivity contribution in [3.05, 3.63) is 23.8 Å². The van der Waals surface area contributed by atoms with Crippen LogP contribution in [0.3, 0.4) is 0 Å². The molecule has 1 unspecified atom stereocenters. The topological polar surface area (TPSA) is 44.8 Å². The Morgan fingerprint density at radius 3 is 2.55 bits per heavy atom. The molecule has 4 nitrogen and oxygen atoms in total. The van der Waals surface area contributed by atoms with E-state index in [-0.39, 0.29) is 18.5 Å². The van der Waals surface area contributed by atoms with E-state index in [1.807, 2.05) is 19.1 Å². The maximum Gasteiger partial charge on any atom is 0.313 e. The van der Waals surface area contributed by atoms with E-state index in [0.29, 0.717) is 11.5 Å². The van der Waals surface area contributed by atoms with Crippen molar-refractivity contribution in [3.8, 4) is 11.5 Å². The molecule has 0 radical (unpaired) electrons. The van der Waals surface area contributed by atoms with Crippen molar-refractivity contribution in [2.45, 2.75) is 58.5 Å². The second-order valence-electron chi connectivity index (χ2n) is 5.54. The van der Waals surface area contributed by atoms with E-state index in [9.17, 15) is 4.79 Å². The fourth-order valence-corrected chi connectivity index (χ4v) is 2.31.